The van der Waals surface area contributed by atoms with Crippen molar-refractivity contribution >= 4 is 23.6 Å². The molecule has 3 amide bonds. The highest BCUT2D eigenvalue weighted by atomic mass is 16.6. The van der Waals surface area contributed by atoms with Crippen molar-refractivity contribution in [2.75, 3.05) is 19.0 Å². The van der Waals surface area contributed by atoms with Gasteiger partial charge in [0.15, 0.2) is 0 Å². The Bertz CT molecular complexity index is 1130. The van der Waals surface area contributed by atoms with E-state index in [0.29, 0.717) is 29.8 Å². The molecule has 0 aliphatic rings. The minimum atomic E-state index is -1.15. The highest BCUT2D eigenvalue weighted by molar-refractivity contribution is 5.99. The number of carbonyl (C=O) groups excluding carboxylic acids is 3. The Morgan fingerprint density at radius 1 is 0.976 bits per heavy atom. The van der Waals surface area contributed by atoms with Crippen LogP contribution >= 0.6 is 0 Å². The van der Waals surface area contributed by atoms with Crippen LogP contribution in [0.15, 0.2) is 48.5 Å². The van der Waals surface area contributed by atoms with Gasteiger partial charge in [-0.25, -0.2) is 4.79 Å². The largest absolute Gasteiger partial charge is 0.508 e. The maximum absolute atomic E-state index is 14.3. The van der Waals surface area contributed by atoms with Crippen LogP contribution in [-0.4, -0.2) is 53.2 Å². The van der Waals surface area contributed by atoms with Crippen LogP contribution in [0.1, 0.15) is 85.3 Å². The minimum absolute atomic E-state index is 0.0672. The SMILES string of the molecule is CCCCCCN(C(=O)C(CC(C)C)NC(=O)OC(C)(C)C)C(C(=O)Nc1ccc(OC)cc1)c1ccccc1O. The first kappa shape index (κ1) is 33.5. The molecule has 2 rings (SSSR count). The molecule has 0 aliphatic heterocycles. The van der Waals surface area contributed by atoms with E-state index in [9.17, 15) is 19.5 Å². The number of hydrogen-bond acceptors (Lipinski definition) is 6. The van der Waals surface area contributed by atoms with E-state index in [4.69, 9.17) is 9.47 Å². The van der Waals surface area contributed by atoms with Crippen LogP contribution in [0.3, 0.4) is 0 Å². The van der Waals surface area contributed by atoms with E-state index in [1.54, 1.807) is 70.3 Å². The average molecular weight is 570 g/mol. The molecule has 0 aromatic heterocycles. The second kappa shape index (κ2) is 15.9. The molecule has 0 spiro atoms. The number of unbranched alkanes of at least 4 members (excludes halogenated alkanes) is 3. The van der Waals surface area contributed by atoms with Gasteiger partial charge in [0.25, 0.3) is 5.91 Å². The van der Waals surface area contributed by atoms with Crippen molar-refractivity contribution in [3.05, 3.63) is 54.1 Å². The Kier molecular flexibility index (Phi) is 13.0. The van der Waals surface area contributed by atoms with Crippen molar-refractivity contribution < 1.29 is 29.0 Å². The normalized spacial score (nSPS) is 12.8. The van der Waals surface area contributed by atoms with Gasteiger partial charge in [-0.05, 0) is 69.9 Å². The number of phenolic OH excluding ortho intramolecular Hbond substituents is 1. The van der Waals surface area contributed by atoms with Crippen molar-refractivity contribution in [1.82, 2.24) is 10.2 Å². The van der Waals surface area contributed by atoms with Gasteiger partial charge >= 0.3 is 6.09 Å². The van der Waals surface area contributed by atoms with Crippen molar-refractivity contribution in [2.24, 2.45) is 5.92 Å². The van der Waals surface area contributed by atoms with E-state index >= 15 is 0 Å². The summed E-state index contributed by atoms with van der Waals surface area (Å²) in [7, 11) is 1.56. The second-order valence-corrected chi connectivity index (χ2v) is 11.6. The summed E-state index contributed by atoms with van der Waals surface area (Å²) >= 11 is 0. The lowest BCUT2D eigenvalue weighted by atomic mass is 9.98. The number of rotatable bonds is 14. The number of phenols is 1. The van der Waals surface area contributed by atoms with E-state index in [1.165, 1.54) is 11.0 Å². The topological polar surface area (TPSA) is 117 Å². The molecule has 0 heterocycles. The molecule has 2 unspecified atom stereocenters. The molecule has 2 aromatic rings. The number of methoxy groups -OCH3 is 1. The van der Waals surface area contributed by atoms with Crippen LogP contribution in [0.5, 0.6) is 11.5 Å². The van der Waals surface area contributed by atoms with Crippen LogP contribution in [0.4, 0.5) is 10.5 Å². The smallest absolute Gasteiger partial charge is 0.408 e. The van der Waals surface area contributed by atoms with Crippen LogP contribution in [-0.2, 0) is 14.3 Å². The Hall–Kier alpha value is -3.75. The summed E-state index contributed by atoms with van der Waals surface area (Å²) < 4.78 is 10.7. The molecule has 0 bridgehead atoms. The lowest BCUT2D eigenvalue weighted by molar-refractivity contribution is -0.141. The molecule has 0 saturated carbocycles. The fraction of sp³-hybridized carbons (Fsp3) is 0.531. The zero-order valence-electron chi connectivity index (χ0n) is 25.5. The molecule has 9 nitrogen and oxygen atoms in total. The second-order valence-electron chi connectivity index (χ2n) is 11.6. The quantitative estimate of drug-likeness (QED) is 0.226. The van der Waals surface area contributed by atoms with Crippen molar-refractivity contribution in [2.45, 2.75) is 91.3 Å². The number of alkyl carbamates (subject to hydrolysis) is 1. The highest BCUT2D eigenvalue weighted by Crippen LogP contribution is 2.32. The number of nitrogens with one attached hydrogen (secondary N) is 2. The molecule has 2 aromatic carbocycles. The number of hydrogen-bond donors (Lipinski definition) is 3. The van der Waals surface area contributed by atoms with Crippen LogP contribution in [0.25, 0.3) is 0 Å². The first-order valence-electron chi connectivity index (χ1n) is 14.4. The molecular weight excluding hydrogens is 522 g/mol. The number of para-hydroxylation sites is 1. The molecule has 2 atom stereocenters. The third kappa shape index (κ3) is 11.0. The van der Waals surface area contributed by atoms with E-state index in [0.717, 1.165) is 19.3 Å². The summed E-state index contributed by atoms with van der Waals surface area (Å²) in [6.07, 6.45) is 3.14. The molecule has 0 saturated heterocycles. The molecule has 0 aliphatic carbocycles. The van der Waals surface area contributed by atoms with Gasteiger partial charge < -0.3 is 30.1 Å². The van der Waals surface area contributed by atoms with E-state index in [2.05, 4.69) is 17.6 Å². The number of benzene rings is 2. The predicted molar refractivity (Wildman–Crippen MR) is 161 cm³/mol. The maximum atomic E-state index is 14.3. The van der Waals surface area contributed by atoms with Gasteiger partial charge in [-0.2, -0.15) is 0 Å². The monoisotopic (exact) mass is 569 g/mol. The minimum Gasteiger partial charge on any atom is -0.508 e. The summed E-state index contributed by atoms with van der Waals surface area (Å²) in [5, 5.41) is 16.5. The lowest BCUT2D eigenvalue weighted by Crippen LogP contribution is -2.53. The molecule has 226 valence electrons. The van der Waals surface area contributed by atoms with Crippen molar-refractivity contribution in [1.29, 1.82) is 0 Å². The fourth-order valence-corrected chi connectivity index (χ4v) is 4.47. The molecule has 0 radical (unpaired) electrons. The fourth-order valence-electron chi connectivity index (χ4n) is 4.47. The predicted octanol–water partition coefficient (Wildman–Crippen LogP) is 6.43. The van der Waals surface area contributed by atoms with Gasteiger partial charge in [-0.3, -0.25) is 9.59 Å². The lowest BCUT2D eigenvalue weighted by Gasteiger charge is -2.35. The van der Waals surface area contributed by atoms with Crippen molar-refractivity contribution in [3.63, 3.8) is 0 Å². The number of nitrogens with zero attached hydrogens (tertiary/aromatic N) is 1. The highest BCUT2D eigenvalue weighted by Gasteiger charge is 2.37. The molecule has 0 fully saturated rings. The van der Waals surface area contributed by atoms with Crippen LogP contribution in [0.2, 0.25) is 0 Å². The Balaban J connectivity index is 2.54. The Morgan fingerprint density at radius 3 is 2.20 bits per heavy atom. The van der Waals surface area contributed by atoms with Gasteiger partial charge in [0.1, 0.15) is 29.2 Å². The number of aromatic hydroxyl groups is 1. The zero-order valence-corrected chi connectivity index (χ0v) is 25.5. The summed E-state index contributed by atoms with van der Waals surface area (Å²) in [6, 6.07) is 11.3. The standard InChI is InChI=1S/C32H47N3O6/c1-8-9-10-13-20-35(30(38)26(21-22(2)3)34-31(39)41-32(4,5)6)28(25-14-11-12-15-27(25)36)29(37)33-23-16-18-24(40-7)19-17-23/h11-12,14-19,22,26,28,36H,8-10,13,20-21H2,1-7H3,(H,33,37)(H,34,39). The molecular formula is C32H47N3O6. The Morgan fingerprint density at radius 2 is 1.63 bits per heavy atom. The van der Waals surface area contributed by atoms with Gasteiger partial charge in [0.2, 0.25) is 5.91 Å². The number of ether oxygens (including phenoxy) is 2. The average Bonchev–Trinajstić information content (AvgIpc) is 2.89. The van der Waals surface area contributed by atoms with E-state index < -0.39 is 35.6 Å². The molecule has 41 heavy (non-hydrogen) atoms. The summed E-state index contributed by atoms with van der Waals surface area (Å²) in [5.74, 6) is -0.301. The van der Waals surface area contributed by atoms with Gasteiger partial charge in [0, 0.05) is 17.8 Å². The first-order chi connectivity index (χ1) is 19.4. The number of amides is 3. The Labute approximate surface area is 244 Å². The number of anilines is 1. The first-order valence-corrected chi connectivity index (χ1v) is 14.4. The summed E-state index contributed by atoms with van der Waals surface area (Å²) in [4.78, 5) is 42.5. The van der Waals surface area contributed by atoms with Crippen LogP contribution < -0.4 is 15.4 Å². The summed E-state index contributed by atoms with van der Waals surface area (Å²) in [5.41, 5.74) is 0.0644. The maximum Gasteiger partial charge on any atom is 0.408 e. The summed E-state index contributed by atoms with van der Waals surface area (Å²) in [6.45, 7) is 11.5. The zero-order chi connectivity index (χ0) is 30.6. The van der Waals surface area contributed by atoms with E-state index in [-0.39, 0.29) is 18.2 Å². The van der Waals surface area contributed by atoms with E-state index in [1.807, 2.05) is 13.8 Å². The number of carbonyl (C=O) groups is 3. The molecule has 3 N–H and O–H groups in total. The van der Waals surface area contributed by atoms with Gasteiger partial charge in [-0.1, -0.05) is 58.2 Å². The molecule has 9 heteroatoms. The third-order valence-corrected chi connectivity index (χ3v) is 6.38. The van der Waals surface area contributed by atoms with Gasteiger partial charge in [-0.15, -0.1) is 0 Å². The van der Waals surface area contributed by atoms with Crippen LogP contribution in [0, 0.1) is 5.92 Å². The third-order valence-electron chi connectivity index (χ3n) is 6.38. The van der Waals surface area contributed by atoms with Gasteiger partial charge in [0.05, 0.1) is 7.11 Å². The van der Waals surface area contributed by atoms with Crippen molar-refractivity contribution in [3.8, 4) is 11.5 Å².